The van der Waals surface area contributed by atoms with Crippen molar-refractivity contribution in [3.8, 4) is 0 Å². The fourth-order valence-electron chi connectivity index (χ4n) is 4.94. The van der Waals surface area contributed by atoms with Gasteiger partial charge in [-0.1, -0.05) is 12.1 Å². The summed E-state index contributed by atoms with van der Waals surface area (Å²) in [6.45, 7) is 5.21. The number of quaternary nitrogens is 1. The quantitative estimate of drug-likeness (QED) is 0.174. The molecule has 4 aromatic rings. The summed E-state index contributed by atoms with van der Waals surface area (Å²) in [4.78, 5) is 19.7. The van der Waals surface area contributed by atoms with Crippen molar-refractivity contribution in [2.75, 3.05) is 69.6 Å². The Morgan fingerprint density at radius 2 is 1.51 bits per heavy atom. The van der Waals surface area contributed by atoms with E-state index in [1.165, 1.54) is 5.69 Å². The third-order valence-electron chi connectivity index (χ3n) is 7.20. The molecule has 7 nitrogen and oxygen atoms in total. The molecule has 0 bridgehead atoms. The monoisotopic (exact) mass is 521 g/mol. The molecule has 0 spiro atoms. The molecular formula is C32H37N6O+. The second kappa shape index (κ2) is 10.5. The van der Waals surface area contributed by atoms with Gasteiger partial charge in [-0.15, -0.1) is 5.11 Å². The van der Waals surface area contributed by atoms with Gasteiger partial charge in [0, 0.05) is 48.5 Å². The van der Waals surface area contributed by atoms with E-state index in [1.54, 1.807) is 4.90 Å². The highest BCUT2D eigenvalue weighted by Crippen LogP contribution is 2.44. The molecule has 1 aliphatic heterocycles. The van der Waals surface area contributed by atoms with E-state index in [0.29, 0.717) is 5.56 Å². The van der Waals surface area contributed by atoms with Crippen LogP contribution in [0.5, 0.6) is 0 Å². The molecule has 0 aliphatic carbocycles. The topological polar surface area (TPSA) is 51.5 Å². The lowest BCUT2D eigenvalue weighted by molar-refractivity contribution is -0.868. The highest BCUT2D eigenvalue weighted by atomic mass is 16.2. The number of azo groups is 1. The van der Waals surface area contributed by atoms with Gasteiger partial charge in [-0.05, 0) is 73.7 Å². The number of benzene rings is 4. The Bertz CT molecular complexity index is 1520. The van der Waals surface area contributed by atoms with Crippen LogP contribution in [0.3, 0.4) is 0 Å². The number of hydrogen-bond donors (Lipinski definition) is 0. The molecule has 200 valence electrons. The number of likely N-dealkylation sites (N-methyl/N-ethyl adjacent to an activating group) is 2. The molecule has 0 radical (unpaired) electrons. The lowest BCUT2D eigenvalue weighted by Gasteiger charge is -2.29. The zero-order valence-corrected chi connectivity index (χ0v) is 23.7. The van der Waals surface area contributed by atoms with Gasteiger partial charge in [0.1, 0.15) is 0 Å². The van der Waals surface area contributed by atoms with E-state index in [0.717, 1.165) is 63.3 Å². The standard InChI is InChI=1S/C32H37N6O/c1-7-36(21-22-38(4,5)6)25-13-11-23(12-14-25)33-34-29-20-19-28-31-27(29)9-8-10-30(31)37(32(28)39)26-17-15-24(16-18-26)35(2)3/h8-20H,7,21-22H2,1-6H3/q+1/b34-33+. The molecule has 0 aromatic heterocycles. The molecule has 0 unspecified atom stereocenters. The summed E-state index contributed by atoms with van der Waals surface area (Å²) in [7, 11) is 10.7. The Balaban J connectivity index is 1.41. The van der Waals surface area contributed by atoms with Crippen molar-refractivity contribution in [2.45, 2.75) is 6.92 Å². The molecule has 7 heteroatoms. The fourth-order valence-corrected chi connectivity index (χ4v) is 4.94. The minimum Gasteiger partial charge on any atom is -0.378 e. The maximum Gasteiger partial charge on any atom is 0.263 e. The van der Waals surface area contributed by atoms with Gasteiger partial charge in [0.05, 0.1) is 56.9 Å². The lowest BCUT2D eigenvalue weighted by atomic mass is 10.0. The molecule has 0 saturated heterocycles. The van der Waals surface area contributed by atoms with Gasteiger partial charge in [-0.3, -0.25) is 9.69 Å². The number of carbonyl (C=O) groups is 1. The third kappa shape index (κ3) is 5.36. The number of anilines is 4. The largest absolute Gasteiger partial charge is 0.378 e. The van der Waals surface area contributed by atoms with Gasteiger partial charge >= 0.3 is 0 Å². The van der Waals surface area contributed by atoms with E-state index in [-0.39, 0.29) is 5.91 Å². The summed E-state index contributed by atoms with van der Waals surface area (Å²) in [6.07, 6.45) is 0. The lowest BCUT2D eigenvalue weighted by Crippen LogP contribution is -2.42. The van der Waals surface area contributed by atoms with Crippen molar-refractivity contribution in [1.82, 2.24) is 0 Å². The predicted molar refractivity (Wildman–Crippen MR) is 163 cm³/mol. The van der Waals surface area contributed by atoms with Crippen molar-refractivity contribution in [3.63, 3.8) is 0 Å². The Morgan fingerprint density at radius 3 is 2.15 bits per heavy atom. The normalized spacial score (nSPS) is 13.1. The van der Waals surface area contributed by atoms with Crippen LogP contribution < -0.4 is 14.7 Å². The summed E-state index contributed by atoms with van der Waals surface area (Å²) in [5.41, 5.74) is 6.23. The number of carbonyl (C=O) groups excluding carboxylic acids is 1. The Hall–Kier alpha value is -4.23. The van der Waals surface area contributed by atoms with E-state index >= 15 is 0 Å². The van der Waals surface area contributed by atoms with Crippen LogP contribution in [0, 0.1) is 0 Å². The van der Waals surface area contributed by atoms with E-state index in [2.05, 4.69) is 55.3 Å². The highest BCUT2D eigenvalue weighted by Gasteiger charge is 2.31. The maximum absolute atomic E-state index is 13.5. The molecule has 4 aromatic carbocycles. The van der Waals surface area contributed by atoms with Crippen molar-refractivity contribution < 1.29 is 9.28 Å². The average molecular weight is 522 g/mol. The summed E-state index contributed by atoms with van der Waals surface area (Å²) in [6, 6.07) is 26.0. The van der Waals surface area contributed by atoms with Crippen LogP contribution in [-0.2, 0) is 0 Å². The fraction of sp³-hybridized carbons (Fsp3) is 0.281. The van der Waals surface area contributed by atoms with Crippen molar-refractivity contribution in [2.24, 2.45) is 10.2 Å². The van der Waals surface area contributed by atoms with Gasteiger partial charge in [0.25, 0.3) is 5.91 Å². The van der Waals surface area contributed by atoms with Crippen LogP contribution in [0.15, 0.2) is 89.1 Å². The number of rotatable bonds is 9. The number of hydrogen-bond acceptors (Lipinski definition) is 5. The first-order valence-electron chi connectivity index (χ1n) is 13.4. The Morgan fingerprint density at radius 1 is 0.821 bits per heavy atom. The molecular weight excluding hydrogens is 484 g/mol. The molecule has 0 atom stereocenters. The SMILES string of the molecule is CCN(CC[N+](C)(C)C)c1ccc(/N=N/c2ccc3c4c(cccc24)N(c2ccc(N(C)C)cc2)C3=O)cc1. The number of amides is 1. The predicted octanol–water partition coefficient (Wildman–Crippen LogP) is 7.15. The Labute approximate surface area is 231 Å². The van der Waals surface area contributed by atoms with Gasteiger partial charge in [0.2, 0.25) is 0 Å². The van der Waals surface area contributed by atoms with Gasteiger partial charge in [-0.25, -0.2) is 0 Å². The minimum absolute atomic E-state index is 0.0244. The van der Waals surface area contributed by atoms with E-state index in [9.17, 15) is 4.79 Å². The molecule has 1 aliphatic rings. The van der Waals surface area contributed by atoms with Gasteiger partial charge in [0.15, 0.2) is 0 Å². The molecule has 39 heavy (non-hydrogen) atoms. The van der Waals surface area contributed by atoms with Crippen LogP contribution in [-0.4, -0.2) is 65.3 Å². The van der Waals surface area contributed by atoms with Crippen LogP contribution in [0.2, 0.25) is 0 Å². The molecule has 5 rings (SSSR count). The summed E-state index contributed by atoms with van der Waals surface area (Å²) in [5.74, 6) is -0.0244. The van der Waals surface area contributed by atoms with Crippen LogP contribution in [0.25, 0.3) is 10.8 Å². The first-order valence-corrected chi connectivity index (χ1v) is 13.4. The average Bonchev–Trinajstić information content (AvgIpc) is 3.21. The second-order valence-electron chi connectivity index (χ2n) is 11.2. The second-order valence-corrected chi connectivity index (χ2v) is 11.2. The zero-order chi connectivity index (χ0) is 27.7. The van der Waals surface area contributed by atoms with Crippen molar-refractivity contribution >= 4 is 50.8 Å². The molecule has 0 fully saturated rings. The van der Waals surface area contributed by atoms with Crippen molar-refractivity contribution in [3.05, 3.63) is 84.4 Å². The smallest absolute Gasteiger partial charge is 0.263 e. The maximum atomic E-state index is 13.5. The van der Waals surface area contributed by atoms with Crippen LogP contribution >= 0.6 is 0 Å². The molecule has 0 saturated carbocycles. The number of nitrogens with zero attached hydrogens (tertiary/aromatic N) is 6. The van der Waals surface area contributed by atoms with E-state index in [4.69, 9.17) is 0 Å². The highest BCUT2D eigenvalue weighted by molar-refractivity contribution is 6.29. The summed E-state index contributed by atoms with van der Waals surface area (Å²) >= 11 is 0. The first-order chi connectivity index (χ1) is 18.7. The molecule has 0 N–H and O–H groups in total. The van der Waals surface area contributed by atoms with Crippen LogP contribution in [0.1, 0.15) is 17.3 Å². The third-order valence-corrected chi connectivity index (χ3v) is 7.20. The Kier molecular flexibility index (Phi) is 7.10. The zero-order valence-electron chi connectivity index (χ0n) is 23.7. The summed E-state index contributed by atoms with van der Waals surface area (Å²) < 4.78 is 0.934. The van der Waals surface area contributed by atoms with E-state index < -0.39 is 0 Å². The van der Waals surface area contributed by atoms with Gasteiger partial charge < -0.3 is 14.3 Å². The minimum atomic E-state index is -0.0244. The summed E-state index contributed by atoms with van der Waals surface area (Å²) in [5, 5.41) is 11.0. The first kappa shape index (κ1) is 26.4. The van der Waals surface area contributed by atoms with Gasteiger partial charge in [-0.2, -0.15) is 5.11 Å². The van der Waals surface area contributed by atoms with Crippen molar-refractivity contribution in [1.29, 1.82) is 0 Å². The van der Waals surface area contributed by atoms with E-state index in [1.807, 2.05) is 85.7 Å². The molecule has 1 amide bonds. The molecule has 1 heterocycles. The van der Waals surface area contributed by atoms with Crippen LogP contribution in [0.4, 0.5) is 34.1 Å².